The molecule has 6 heterocycles. The van der Waals surface area contributed by atoms with Crippen LogP contribution in [0.2, 0.25) is 0 Å². The van der Waals surface area contributed by atoms with Gasteiger partial charge in [-0.2, -0.15) is 0 Å². The van der Waals surface area contributed by atoms with Gasteiger partial charge in [0, 0.05) is 77.6 Å². The third kappa shape index (κ3) is 11.9. The zero-order valence-corrected chi connectivity index (χ0v) is 42.2. The lowest BCUT2D eigenvalue weighted by Gasteiger charge is -2.29. The number of ether oxygens (including phenoxy) is 2. The van der Waals surface area contributed by atoms with E-state index in [2.05, 4.69) is 69.0 Å². The molecule has 0 saturated carbocycles. The molecule has 4 aromatic carbocycles. The number of hydrogen-bond donors (Lipinski definition) is 2. The summed E-state index contributed by atoms with van der Waals surface area (Å²) >= 11 is 3.23. The Hall–Kier alpha value is -6.14. The molecule has 10 rings (SSSR count). The highest BCUT2D eigenvalue weighted by atomic mass is 32.1. The van der Waals surface area contributed by atoms with E-state index in [9.17, 15) is 19.2 Å². The molecule has 4 fully saturated rings. The maximum Gasteiger partial charge on any atom is 0.250 e. The second-order valence-electron chi connectivity index (χ2n) is 18.9. The molecule has 0 spiro atoms. The number of morpholine rings is 2. The van der Waals surface area contributed by atoms with Gasteiger partial charge in [-0.15, -0.1) is 22.7 Å². The molecule has 0 unspecified atom stereocenters. The fourth-order valence-electron chi connectivity index (χ4n) is 10.2. The van der Waals surface area contributed by atoms with Crippen LogP contribution in [0.15, 0.2) is 122 Å². The Morgan fingerprint density at radius 1 is 0.514 bits per heavy atom. The summed E-state index contributed by atoms with van der Waals surface area (Å²) in [5.41, 5.74) is 5.84. The highest BCUT2D eigenvalue weighted by Crippen LogP contribution is 2.41. The molecule has 4 saturated heterocycles. The number of hydrogen-bond acceptors (Lipinski definition) is 12. The van der Waals surface area contributed by atoms with Gasteiger partial charge in [0.25, 0.3) is 0 Å². The summed E-state index contributed by atoms with van der Waals surface area (Å²) in [6.45, 7) is 8.40. The van der Waals surface area contributed by atoms with Crippen molar-refractivity contribution < 1.29 is 28.7 Å². The van der Waals surface area contributed by atoms with Crippen molar-refractivity contribution in [2.75, 3.05) is 78.8 Å². The monoisotopic (exact) mass is 1010 g/mol. The van der Waals surface area contributed by atoms with Gasteiger partial charge in [-0.05, 0) is 59.1 Å². The van der Waals surface area contributed by atoms with Crippen LogP contribution in [0.25, 0.3) is 32.0 Å². The molecule has 0 radical (unpaired) electrons. The number of benzene rings is 4. The number of likely N-dealkylation sites (tertiary alicyclic amines) is 2. The highest BCUT2D eigenvalue weighted by molar-refractivity contribution is 7.15. The minimum Gasteiger partial charge on any atom is -0.379 e. The van der Waals surface area contributed by atoms with Gasteiger partial charge in [-0.25, -0.2) is 9.97 Å². The van der Waals surface area contributed by atoms with Crippen LogP contribution in [-0.2, 0) is 28.7 Å². The fraction of sp³-hybridized carbons (Fsp3) is 0.393. The minimum absolute atomic E-state index is 0.106. The molecule has 374 valence electrons. The topological polar surface area (TPSA) is 150 Å². The van der Waals surface area contributed by atoms with Gasteiger partial charge >= 0.3 is 0 Å². The van der Waals surface area contributed by atoms with E-state index in [0.717, 1.165) is 105 Å². The maximum atomic E-state index is 14.4. The number of carbonyl (C=O) groups is 4. The van der Waals surface area contributed by atoms with Crippen molar-refractivity contribution in [2.24, 2.45) is 0 Å². The van der Waals surface area contributed by atoms with Gasteiger partial charge in [-0.3, -0.25) is 29.0 Å². The van der Waals surface area contributed by atoms with Crippen molar-refractivity contribution in [2.45, 2.75) is 62.7 Å². The third-order valence-electron chi connectivity index (χ3n) is 14.2. The van der Waals surface area contributed by atoms with E-state index in [-0.39, 0.29) is 35.7 Å². The molecule has 4 aliphatic heterocycles. The molecule has 0 bridgehead atoms. The van der Waals surface area contributed by atoms with E-state index in [4.69, 9.17) is 19.4 Å². The van der Waals surface area contributed by atoms with Crippen LogP contribution in [-0.4, -0.2) is 132 Å². The normalized spacial score (nSPS) is 19.5. The summed E-state index contributed by atoms with van der Waals surface area (Å²) in [7, 11) is 0. The molecule has 4 atom stereocenters. The lowest BCUT2D eigenvalue weighted by molar-refractivity contribution is -0.137. The van der Waals surface area contributed by atoms with Crippen LogP contribution >= 0.6 is 22.7 Å². The molecular weight excluding hydrogens is 945 g/mol. The molecule has 72 heavy (non-hydrogen) atoms. The van der Waals surface area contributed by atoms with Gasteiger partial charge in [0.15, 0.2) is 0 Å². The van der Waals surface area contributed by atoms with Gasteiger partial charge in [0.2, 0.25) is 23.6 Å². The first-order valence-corrected chi connectivity index (χ1v) is 27.0. The van der Waals surface area contributed by atoms with Crippen LogP contribution < -0.4 is 10.6 Å². The van der Waals surface area contributed by atoms with Gasteiger partial charge < -0.3 is 29.9 Å². The first-order valence-electron chi connectivity index (χ1n) is 25.4. The lowest BCUT2D eigenvalue weighted by atomic mass is 10.0. The third-order valence-corrected chi connectivity index (χ3v) is 16.5. The van der Waals surface area contributed by atoms with Gasteiger partial charge in [-0.1, -0.05) is 109 Å². The SMILES string of the molecule is O=C(CCN1CCOCC1)N[C@H](C(=O)N1CCC[C@H]1c1ncc(-c2ccc(-c3ccc(-c4cnc([C@@H]5CCCN5C(=O)[C@H](NC(=O)CCN5CCOCC5)c5ccccc5)s4)cc3)cc2)s1)c1ccccc1. The number of carbonyl (C=O) groups excluding carboxylic acids is 4. The quantitative estimate of drug-likeness (QED) is 0.0919. The van der Waals surface area contributed by atoms with Crippen LogP contribution in [0, 0.1) is 0 Å². The number of aromatic nitrogens is 2. The predicted octanol–water partition coefficient (Wildman–Crippen LogP) is 8.09. The Morgan fingerprint density at radius 2 is 0.889 bits per heavy atom. The fourth-order valence-corrected chi connectivity index (χ4v) is 12.4. The Morgan fingerprint density at radius 3 is 1.28 bits per heavy atom. The zero-order chi connectivity index (χ0) is 49.2. The van der Waals surface area contributed by atoms with Crippen molar-refractivity contribution in [3.63, 3.8) is 0 Å². The van der Waals surface area contributed by atoms with Crippen molar-refractivity contribution in [3.8, 4) is 32.0 Å². The van der Waals surface area contributed by atoms with Crippen LogP contribution in [0.3, 0.4) is 0 Å². The van der Waals surface area contributed by atoms with Crippen LogP contribution in [0.1, 0.15) is 83.8 Å². The Balaban J connectivity index is 0.767. The minimum atomic E-state index is -0.776. The van der Waals surface area contributed by atoms with E-state index in [1.54, 1.807) is 22.7 Å². The van der Waals surface area contributed by atoms with Crippen LogP contribution in [0.5, 0.6) is 0 Å². The standard InChI is InChI=1S/C56H62N8O6S2/c65-49(23-27-61-29-33-69-34-30-61)59-51(43-9-3-1-4-10-43)55(67)63-25-7-13-45(63)53-57-37-47(71-53)41-19-15-39(16-20-41)40-17-21-42(22-18-40)48-38-58-54(72-48)46-14-8-26-64(46)56(68)52(44-11-5-2-6-12-44)60-50(66)24-28-62-31-35-70-36-32-62/h1-6,9-12,15-22,37-38,45-46,51-52H,7-8,13-14,23-36H2,(H,59,65)(H,60,66)/t45-,46-,51-,52+/m0/s1. The predicted molar refractivity (Wildman–Crippen MR) is 280 cm³/mol. The van der Waals surface area contributed by atoms with Gasteiger partial charge in [0.05, 0.1) is 48.3 Å². The zero-order valence-electron chi connectivity index (χ0n) is 40.5. The number of thiazole rings is 2. The Kier molecular flexibility index (Phi) is 16.2. The molecule has 2 aromatic heterocycles. The Bertz CT molecular complexity index is 2570. The summed E-state index contributed by atoms with van der Waals surface area (Å²) in [5, 5.41) is 7.97. The largest absolute Gasteiger partial charge is 0.379 e. The van der Waals surface area contributed by atoms with E-state index < -0.39 is 12.1 Å². The smallest absolute Gasteiger partial charge is 0.250 e. The molecular formula is C56H62N8O6S2. The summed E-state index contributed by atoms with van der Waals surface area (Å²) in [6, 6.07) is 34.2. The van der Waals surface area contributed by atoms with Crippen molar-refractivity contribution in [3.05, 3.63) is 143 Å². The van der Waals surface area contributed by atoms with E-state index in [1.807, 2.05) is 82.9 Å². The highest BCUT2D eigenvalue weighted by Gasteiger charge is 2.39. The summed E-state index contributed by atoms with van der Waals surface area (Å²) in [5.74, 6) is -0.491. The molecule has 16 heteroatoms. The first-order chi connectivity index (χ1) is 35.3. The van der Waals surface area contributed by atoms with Crippen molar-refractivity contribution >= 4 is 46.3 Å². The number of nitrogens with one attached hydrogen (secondary N) is 2. The van der Waals surface area contributed by atoms with E-state index in [1.165, 1.54) is 0 Å². The molecule has 2 N–H and O–H groups in total. The average Bonchev–Trinajstić information content (AvgIpc) is 4.30. The average molecular weight is 1010 g/mol. The second kappa shape index (κ2) is 23.6. The molecule has 4 aliphatic rings. The van der Waals surface area contributed by atoms with E-state index in [0.29, 0.717) is 65.4 Å². The van der Waals surface area contributed by atoms with Crippen LogP contribution in [0.4, 0.5) is 0 Å². The Labute approximate surface area is 429 Å². The van der Waals surface area contributed by atoms with Crippen molar-refractivity contribution in [1.82, 2.24) is 40.2 Å². The lowest BCUT2D eigenvalue weighted by Crippen LogP contribution is -2.44. The molecule has 14 nitrogen and oxygen atoms in total. The first kappa shape index (κ1) is 49.4. The molecule has 4 amide bonds. The number of rotatable bonds is 17. The van der Waals surface area contributed by atoms with Gasteiger partial charge in [0.1, 0.15) is 22.1 Å². The summed E-state index contributed by atoms with van der Waals surface area (Å²) in [6.07, 6.45) is 7.81. The maximum absolute atomic E-state index is 14.4. The molecule has 6 aromatic rings. The number of nitrogens with zero attached hydrogens (tertiary/aromatic N) is 6. The molecule has 0 aliphatic carbocycles. The second-order valence-corrected chi connectivity index (χ2v) is 21.0. The van der Waals surface area contributed by atoms with E-state index >= 15 is 0 Å². The van der Waals surface area contributed by atoms with Crippen molar-refractivity contribution in [1.29, 1.82) is 0 Å². The summed E-state index contributed by atoms with van der Waals surface area (Å²) < 4.78 is 10.9. The number of amides is 4. The summed E-state index contributed by atoms with van der Waals surface area (Å²) in [4.78, 5) is 75.4.